The van der Waals surface area contributed by atoms with E-state index in [0.717, 1.165) is 11.3 Å². The van der Waals surface area contributed by atoms with Crippen molar-refractivity contribution in [2.24, 2.45) is 5.92 Å². The summed E-state index contributed by atoms with van der Waals surface area (Å²) in [4.78, 5) is 11.9. The Balaban J connectivity index is 3.04. The molecule has 3 nitrogen and oxygen atoms in total. The number of esters is 1. The lowest BCUT2D eigenvalue weighted by Crippen LogP contribution is -2.49. The first kappa shape index (κ1) is 13.6. The van der Waals surface area contributed by atoms with Crippen LogP contribution in [0.4, 0.5) is 5.69 Å². The molecule has 0 aromatic heterocycles. The van der Waals surface area contributed by atoms with Crippen LogP contribution in [0.3, 0.4) is 0 Å². The van der Waals surface area contributed by atoms with Crippen molar-refractivity contribution in [3.8, 4) is 0 Å². The molecule has 94 valence electrons. The van der Waals surface area contributed by atoms with Crippen molar-refractivity contribution < 1.29 is 9.53 Å². The van der Waals surface area contributed by atoms with Crippen molar-refractivity contribution in [1.82, 2.24) is 0 Å². The number of para-hydroxylation sites is 1. The van der Waals surface area contributed by atoms with Crippen LogP contribution in [0.25, 0.3) is 0 Å². The van der Waals surface area contributed by atoms with Gasteiger partial charge in [-0.15, -0.1) is 0 Å². The van der Waals surface area contributed by atoms with E-state index < -0.39 is 5.54 Å². The highest BCUT2D eigenvalue weighted by Crippen LogP contribution is 2.26. The Kier molecular flexibility index (Phi) is 4.16. The summed E-state index contributed by atoms with van der Waals surface area (Å²) in [5, 5.41) is 3.30. The lowest BCUT2D eigenvalue weighted by atomic mass is 9.88. The number of carbonyl (C=O) groups excluding carboxylic acids is 1. The minimum atomic E-state index is -0.707. The summed E-state index contributed by atoms with van der Waals surface area (Å²) in [6.45, 7) is 7.89. The summed E-state index contributed by atoms with van der Waals surface area (Å²) in [7, 11) is 1.42. The van der Waals surface area contributed by atoms with Gasteiger partial charge in [0, 0.05) is 5.69 Å². The third-order valence-electron chi connectivity index (χ3n) is 3.30. The van der Waals surface area contributed by atoms with Gasteiger partial charge in [-0.25, -0.2) is 4.79 Å². The molecule has 1 aromatic carbocycles. The predicted octanol–water partition coefficient (Wildman–Crippen LogP) is 2.99. The van der Waals surface area contributed by atoms with Gasteiger partial charge in [0.05, 0.1) is 7.11 Å². The van der Waals surface area contributed by atoms with Gasteiger partial charge in [-0.1, -0.05) is 32.0 Å². The molecule has 0 saturated heterocycles. The quantitative estimate of drug-likeness (QED) is 0.815. The van der Waals surface area contributed by atoms with Gasteiger partial charge >= 0.3 is 5.97 Å². The number of anilines is 1. The number of hydrogen-bond acceptors (Lipinski definition) is 3. The van der Waals surface area contributed by atoms with Crippen molar-refractivity contribution in [1.29, 1.82) is 0 Å². The molecule has 0 fully saturated rings. The SMILES string of the molecule is COC(=O)C(C)(Nc1ccccc1C)C(C)C. The molecule has 0 aliphatic heterocycles. The van der Waals surface area contributed by atoms with Crippen LogP contribution in [-0.2, 0) is 9.53 Å². The maximum atomic E-state index is 11.9. The number of hydrogen-bond donors (Lipinski definition) is 1. The second-order valence-electron chi connectivity index (χ2n) is 4.79. The fourth-order valence-corrected chi connectivity index (χ4v) is 1.64. The minimum absolute atomic E-state index is 0.134. The molecule has 1 N–H and O–H groups in total. The lowest BCUT2D eigenvalue weighted by molar-refractivity contribution is -0.146. The molecular weight excluding hydrogens is 214 g/mol. The van der Waals surface area contributed by atoms with Crippen LogP contribution in [0.1, 0.15) is 26.3 Å². The van der Waals surface area contributed by atoms with E-state index in [2.05, 4.69) is 5.32 Å². The number of benzene rings is 1. The van der Waals surface area contributed by atoms with Crippen molar-refractivity contribution >= 4 is 11.7 Å². The zero-order valence-corrected chi connectivity index (χ0v) is 11.2. The van der Waals surface area contributed by atoms with E-state index in [4.69, 9.17) is 4.74 Å². The summed E-state index contributed by atoms with van der Waals surface area (Å²) >= 11 is 0. The molecule has 0 saturated carbocycles. The maximum absolute atomic E-state index is 11.9. The fourth-order valence-electron chi connectivity index (χ4n) is 1.64. The Labute approximate surface area is 103 Å². The molecule has 0 spiro atoms. The van der Waals surface area contributed by atoms with Gasteiger partial charge in [0.25, 0.3) is 0 Å². The second-order valence-corrected chi connectivity index (χ2v) is 4.79. The highest BCUT2D eigenvalue weighted by atomic mass is 16.5. The van der Waals surface area contributed by atoms with E-state index in [0.29, 0.717) is 0 Å². The Hall–Kier alpha value is -1.51. The van der Waals surface area contributed by atoms with E-state index in [1.807, 2.05) is 52.0 Å². The predicted molar refractivity (Wildman–Crippen MR) is 70.1 cm³/mol. The van der Waals surface area contributed by atoms with E-state index in [9.17, 15) is 4.79 Å². The molecule has 0 amide bonds. The first-order valence-electron chi connectivity index (χ1n) is 5.84. The van der Waals surface area contributed by atoms with Crippen LogP contribution in [0.2, 0.25) is 0 Å². The third-order valence-corrected chi connectivity index (χ3v) is 3.30. The molecule has 1 aromatic rings. The molecule has 1 unspecified atom stereocenters. The molecule has 0 aliphatic rings. The summed E-state index contributed by atoms with van der Waals surface area (Å²) in [5.74, 6) is -0.106. The fraction of sp³-hybridized carbons (Fsp3) is 0.500. The van der Waals surface area contributed by atoms with E-state index in [1.165, 1.54) is 7.11 Å². The monoisotopic (exact) mass is 235 g/mol. The van der Waals surface area contributed by atoms with Gasteiger partial charge in [0.15, 0.2) is 0 Å². The molecule has 1 rings (SSSR count). The topological polar surface area (TPSA) is 38.3 Å². The molecule has 17 heavy (non-hydrogen) atoms. The number of nitrogens with one attached hydrogen (secondary N) is 1. The smallest absolute Gasteiger partial charge is 0.331 e. The molecule has 3 heteroatoms. The van der Waals surface area contributed by atoms with Crippen LogP contribution in [-0.4, -0.2) is 18.6 Å². The van der Waals surface area contributed by atoms with Gasteiger partial charge in [0.2, 0.25) is 0 Å². The van der Waals surface area contributed by atoms with Crippen LogP contribution in [0.5, 0.6) is 0 Å². The standard InChI is InChI=1S/C14H21NO2/c1-10(2)14(4,13(16)17-5)15-12-9-7-6-8-11(12)3/h6-10,15H,1-5H3. The molecule has 0 heterocycles. The Morgan fingerprint density at radius 3 is 2.41 bits per heavy atom. The molecule has 0 radical (unpaired) electrons. The number of ether oxygens (including phenoxy) is 1. The first-order chi connectivity index (χ1) is 7.91. The summed E-state index contributed by atoms with van der Waals surface area (Å²) in [6.07, 6.45) is 0. The summed E-state index contributed by atoms with van der Waals surface area (Å²) in [6, 6.07) is 7.91. The molecule has 1 atom stereocenters. The zero-order valence-electron chi connectivity index (χ0n) is 11.2. The van der Waals surface area contributed by atoms with Crippen LogP contribution in [0.15, 0.2) is 24.3 Å². The molecule has 0 bridgehead atoms. The highest BCUT2D eigenvalue weighted by molar-refractivity contribution is 5.84. The largest absolute Gasteiger partial charge is 0.467 e. The van der Waals surface area contributed by atoms with Gasteiger partial charge in [-0.05, 0) is 31.4 Å². The van der Waals surface area contributed by atoms with Crippen molar-refractivity contribution in [2.75, 3.05) is 12.4 Å². The van der Waals surface area contributed by atoms with E-state index in [1.54, 1.807) is 0 Å². The van der Waals surface area contributed by atoms with Gasteiger partial charge in [-0.3, -0.25) is 0 Å². The number of carbonyl (C=O) groups is 1. The van der Waals surface area contributed by atoms with E-state index >= 15 is 0 Å². The molecule has 0 aliphatic carbocycles. The Morgan fingerprint density at radius 2 is 1.94 bits per heavy atom. The Morgan fingerprint density at radius 1 is 1.35 bits per heavy atom. The minimum Gasteiger partial charge on any atom is -0.467 e. The first-order valence-corrected chi connectivity index (χ1v) is 5.84. The normalized spacial score (nSPS) is 14.2. The number of rotatable bonds is 4. The average molecular weight is 235 g/mol. The molecular formula is C14H21NO2. The van der Waals surface area contributed by atoms with Crippen LogP contribution in [0, 0.1) is 12.8 Å². The maximum Gasteiger partial charge on any atom is 0.331 e. The average Bonchev–Trinajstić information content (AvgIpc) is 2.30. The lowest BCUT2D eigenvalue weighted by Gasteiger charge is -2.33. The zero-order chi connectivity index (χ0) is 13.1. The summed E-state index contributed by atoms with van der Waals surface area (Å²) in [5.41, 5.74) is 1.37. The highest BCUT2D eigenvalue weighted by Gasteiger charge is 2.37. The summed E-state index contributed by atoms with van der Waals surface area (Å²) < 4.78 is 4.89. The van der Waals surface area contributed by atoms with Gasteiger partial charge in [-0.2, -0.15) is 0 Å². The van der Waals surface area contributed by atoms with Gasteiger partial charge in [0.1, 0.15) is 5.54 Å². The van der Waals surface area contributed by atoms with Crippen molar-refractivity contribution in [2.45, 2.75) is 33.2 Å². The van der Waals surface area contributed by atoms with E-state index in [-0.39, 0.29) is 11.9 Å². The van der Waals surface area contributed by atoms with Crippen LogP contribution < -0.4 is 5.32 Å². The second kappa shape index (κ2) is 5.21. The van der Waals surface area contributed by atoms with Crippen molar-refractivity contribution in [3.63, 3.8) is 0 Å². The Bertz CT molecular complexity index is 401. The van der Waals surface area contributed by atoms with Crippen molar-refractivity contribution in [3.05, 3.63) is 29.8 Å². The van der Waals surface area contributed by atoms with Gasteiger partial charge < -0.3 is 10.1 Å². The third kappa shape index (κ3) is 2.78. The number of aryl methyl sites for hydroxylation is 1. The number of methoxy groups -OCH3 is 1. The van der Waals surface area contributed by atoms with Crippen LogP contribution >= 0.6 is 0 Å².